The van der Waals surface area contributed by atoms with Crippen LogP contribution in [0, 0.1) is 5.92 Å². The molecular formula is C25H30N2O8. The molecule has 4 heterocycles. The largest absolute Gasteiger partial charge is 0.478 e. The number of likely N-dealkylation sites (tertiary alicyclic amines) is 1. The minimum absolute atomic E-state index is 0.0370. The second-order valence-electron chi connectivity index (χ2n) is 9.14. The second-order valence-corrected chi connectivity index (χ2v) is 9.14. The number of fused-ring (bicyclic) bond motifs is 1. The van der Waals surface area contributed by atoms with E-state index in [0.717, 1.165) is 25.7 Å². The van der Waals surface area contributed by atoms with E-state index in [0.29, 0.717) is 18.9 Å². The number of ether oxygens (including phenoxy) is 1. The van der Waals surface area contributed by atoms with Crippen LogP contribution in [0.3, 0.4) is 0 Å². The lowest BCUT2D eigenvalue weighted by atomic mass is 9.93. The highest BCUT2D eigenvalue weighted by Crippen LogP contribution is 2.31. The molecule has 5 rings (SSSR count). The molecule has 10 heteroatoms. The summed E-state index contributed by atoms with van der Waals surface area (Å²) in [7, 11) is 0. The smallest absolute Gasteiger partial charge is 0.338 e. The summed E-state index contributed by atoms with van der Waals surface area (Å²) in [6.45, 7) is 0.609. The molecule has 2 aromatic heterocycles. The van der Waals surface area contributed by atoms with Crippen molar-refractivity contribution in [1.82, 2.24) is 10.2 Å². The number of rotatable bonds is 6. The van der Waals surface area contributed by atoms with Gasteiger partial charge >= 0.3 is 5.97 Å². The Kier molecular flexibility index (Phi) is 8.02. The molecule has 35 heavy (non-hydrogen) atoms. The second kappa shape index (κ2) is 11.4. The zero-order valence-corrected chi connectivity index (χ0v) is 19.4. The summed E-state index contributed by atoms with van der Waals surface area (Å²) in [5.74, 6) is -0.943. The molecule has 3 atom stereocenters. The van der Waals surface area contributed by atoms with Gasteiger partial charge in [0.1, 0.15) is 25.0 Å². The van der Waals surface area contributed by atoms with Crippen molar-refractivity contribution in [2.24, 2.45) is 5.92 Å². The third-order valence-corrected chi connectivity index (χ3v) is 6.79. The van der Waals surface area contributed by atoms with Gasteiger partial charge < -0.3 is 28.9 Å². The van der Waals surface area contributed by atoms with Gasteiger partial charge in [0.05, 0.1) is 24.2 Å². The van der Waals surface area contributed by atoms with E-state index in [1.54, 1.807) is 17.0 Å². The molecule has 188 valence electrons. The van der Waals surface area contributed by atoms with Crippen molar-refractivity contribution in [3.8, 4) is 0 Å². The van der Waals surface area contributed by atoms with E-state index in [2.05, 4.69) is 9.73 Å². The number of hydrogen-bond acceptors (Lipinski definition) is 7. The number of carboxylic acids is 1. The fraction of sp³-hybridized carbons (Fsp3) is 0.520. The van der Waals surface area contributed by atoms with E-state index in [-0.39, 0.29) is 41.6 Å². The van der Waals surface area contributed by atoms with E-state index in [1.165, 1.54) is 37.7 Å². The highest BCUT2D eigenvalue weighted by Gasteiger charge is 2.46. The van der Waals surface area contributed by atoms with E-state index in [9.17, 15) is 19.2 Å². The first kappa shape index (κ1) is 24.7. The predicted molar refractivity (Wildman–Crippen MR) is 122 cm³/mol. The van der Waals surface area contributed by atoms with Gasteiger partial charge in [0.2, 0.25) is 5.91 Å². The Hall–Kier alpha value is -3.40. The molecule has 3 fully saturated rings. The van der Waals surface area contributed by atoms with Gasteiger partial charge in [0.25, 0.3) is 5.91 Å². The summed E-state index contributed by atoms with van der Waals surface area (Å²) in [4.78, 5) is 49.8. The Labute approximate surface area is 202 Å². The van der Waals surface area contributed by atoms with Crippen LogP contribution in [0.15, 0.2) is 45.8 Å². The number of aromatic carboxylic acids is 1. The van der Waals surface area contributed by atoms with Crippen LogP contribution < -0.4 is 5.32 Å². The van der Waals surface area contributed by atoms with Crippen molar-refractivity contribution in [3.05, 3.63) is 48.3 Å². The quantitative estimate of drug-likeness (QED) is 0.635. The Balaban J connectivity index is 0.000000308. The van der Waals surface area contributed by atoms with E-state index in [4.69, 9.17) is 14.3 Å². The highest BCUT2D eigenvalue weighted by atomic mass is 16.5. The van der Waals surface area contributed by atoms with Crippen LogP contribution in [0.1, 0.15) is 65.9 Å². The predicted octanol–water partition coefficient (Wildman–Crippen LogP) is 2.90. The number of carbonyl (C=O) groups excluding carboxylic acids is 3. The van der Waals surface area contributed by atoms with E-state index in [1.807, 2.05) is 0 Å². The summed E-state index contributed by atoms with van der Waals surface area (Å²) in [6.07, 6.45) is 10.4. The summed E-state index contributed by atoms with van der Waals surface area (Å²) in [5.41, 5.74) is 0.185. The zero-order chi connectivity index (χ0) is 24.8. The first-order chi connectivity index (χ1) is 16.9. The summed E-state index contributed by atoms with van der Waals surface area (Å²) in [5, 5.41) is 11.1. The van der Waals surface area contributed by atoms with Gasteiger partial charge in [-0.2, -0.15) is 0 Å². The van der Waals surface area contributed by atoms with Gasteiger partial charge in [0.15, 0.2) is 11.5 Å². The van der Waals surface area contributed by atoms with Crippen molar-refractivity contribution >= 4 is 23.6 Å². The average Bonchev–Trinajstić information content (AvgIpc) is 3.67. The summed E-state index contributed by atoms with van der Waals surface area (Å²) < 4.78 is 15.2. The first-order valence-corrected chi connectivity index (χ1v) is 12.0. The van der Waals surface area contributed by atoms with Crippen LogP contribution in [0.2, 0.25) is 0 Å². The monoisotopic (exact) mass is 486 g/mol. The molecular weight excluding hydrogens is 456 g/mol. The molecule has 1 saturated carbocycles. The van der Waals surface area contributed by atoms with Crippen LogP contribution in [-0.4, -0.2) is 64.9 Å². The fourth-order valence-corrected chi connectivity index (χ4v) is 5.06. The van der Waals surface area contributed by atoms with Gasteiger partial charge in [0, 0.05) is 6.54 Å². The number of Topliss-reactive ketones (excluding diaryl/α,β-unsaturated/α-hetero) is 1. The Morgan fingerprint density at radius 1 is 1.11 bits per heavy atom. The zero-order valence-electron chi connectivity index (χ0n) is 19.4. The molecule has 0 bridgehead atoms. The molecule has 2 N–H and O–H groups in total. The first-order valence-electron chi connectivity index (χ1n) is 12.0. The number of nitrogens with one attached hydrogen (secondary N) is 1. The van der Waals surface area contributed by atoms with Gasteiger partial charge in [-0.05, 0) is 43.4 Å². The minimum Gasteiger partial charge on any atom is -0.478 e. The molecule has 1 aliphatic carbocycles. The topological polar surface area (TPSA) is 139 Å². The lowest BCUT2D eigenvalue weighted by molar-refractivity contribution is -0.142. The number of furan rings is 2. The number of ketones is 1. The molecule has 2 saturated heterocycles. The molecule has 2 aromatic rings. The highest BCUT2D eigenvalue weighted by molar-refractivity contribution is 5.97. The van der Waals surface area contributed by atoms with Crippen molar-refractivity contribution in [3.63, 3.8) is 0 Å². The fourth-order valence-electron chi connectivity index (χ4n) is 5.06. The van der Waals surface area contributed by atoms with Crippen LogP contribution >= 0.6 is 0 Å². The SMILES string of the molecule is O=C(NC(CC1CCCC1)C(=O)N1CCCC2OCC(=O)C21)c1ccco1.O=C(O)c1ccoc1. The van der Waals surface area contributed by atoms with Crippen LogP contribution in [0.4, 0.5) is 0 Å². The minimum atomic E-state index is -0.959. The maximum absolute atomic E-state index is 13.4. The molecule has 2 aliphatic heterocycles. The van der Waals surface area contributed by atoms with Crippen LogP contribution in [0.25, 0.3) is 0 Å². The van der Waals surface area contributed by atoms with Gasteiger partial charge in [-0.25, -0.2) is 4.79 Å². The van der Waals surface area contributed by atoms with Crippen molar-refractivity contribution in [2.75, 3.05) is 13.2 Å². The Morgan fingerprint density at radius 3 is 2.54 bits per heavy atom. The van der Waals surface area contributed by atoms with E-state index < -0.39 is 18.1 Å². The summed E-state index contributed by atoms with van der Waals surface area (Å²) in [6, 6.07) is 3.47. The number of hydrogen-bond donors (Lipinski definition) is 2. The van der Waals surface area contributed by atoms with Gasteiger partial charge in [-0.15, -0.1) is 0 Å². The lowest BCUT2D eigenvalue weighted by Crippen LogP contribution is -2.58. The van der Waals surface area contributed by atoms with Crippen molar-refractivity contribution in [2.45, 2.75) is 63.1 Å². The molecule has 3 aliphatic rings. The number of amides is 2. The normalized spacial score (nSPS) is 22.7. The molecule has 0 aromatic carbocycles. The maximum atomic E-state index is 13.4. The Morgan fingerprint density at radius 2 is 1.91 bits per heavy atom. The van der Waals surface area contributed by atoms with Crippen LogP contribution in [-0.2, 0) is 14.3 Å². The third kappa shape index (κ3) is 6.00. The molecule has 0 spiro atoms. The third-order valence-electron chi connectivity index (χ3n) is 6.79. The standard InChI is InChI=1S/C20H26N2O5.C5H4O3/c23-15-12-27-16-7-3-9-22(18(15)16)20(25)14(11-13-5-1-2-6-13)21-19(24)17-8-4-10-26-17;6-5(7)4-1-2-8-3-4/h4,8,10,13-14,16,18H,1-3,5-7,9,11-12H2,(H,21,24);1-3H,(H,6,7). The van der Waals surface area contributed by atoms with Crippen LogP contribution in [0.5, 0.6) is 0 Å². The van der Waals surface area contributed by atoms with Gasteiger partial charge in [-0.3, -0.25) is 14.4 Å². The molecule has 3 unspecified atom stereocenters. The Bertz CT molecular complexity index is 1010. The maximum Gasteiger partial charge on any atom is 0.338 e. The summed E-state index contributed by atoms with van der Waals surface area (Å²) >= 11 is 0. The average molecular weight is 487 g/mol. The number of carbonyl (C=O) groups is 4. The molecule has 0 radical (unpaired) electrons. The molecule has 10 nitrogen and oxygen atoms in total. The number of nitrogens with zero attached hydrogens (tertiary/aromatic N) is 1. The lowest BCUT2D eigenvalue weighted by Gasteiger charge is -2.38. The van der Waals surface area contributed by atoms with Gasteiger partial charge in [-0.1, -0.05) is 25.7 Å². The van der Waals surface area contributed by atoms with Crippen molar-refractivity contribution in [1.29, 1.82) is 0 Å². The number of carboxylic acid groups (broad SMARTS) is 1. The number of piperidine rings is 1. The van der Waals surface area contributed by atoms with E-state index >= 15 is 0 Å². The van der Waals surface area contributed by atoms with Crippen molar-refractivity contribution < 1.29 is 37.9 Å². The molecule has 2 amide bonds.